The molecule has 0 bridgehead atoms. The Morgan fingerprint density at radius 2 is 1.52 bits per heavy atom. The smallest absolute Gasteiger partial charge is 0.190 e. The number of rotatable bonds is 1. The molecule has 0 radical (unpaired) electrons. The molecule has 0 spiro atoms. The van der Waals surface area contributed by atoms with E-state index >= 15 is 0 Å². The molecule has 1 aromatic carbocycles. The average molecular weight is 337 g/mol. The fourth-order valence-electron chi connectivity index (χ4n) is 3.50. The van der Waals surface area contributed by atoms with Gasteiger partial charge in [0.1, 0.15) is 35.9 Å². The zero-order valence-corrected chi connectivity index (χ0v) is 15.6. The predicted molar refractivity (Wildman–Crippen MR) is 98.6 cm³/mol. The Bertz CT molecular complexity index is 933. The number of ether oxygens (including phenoxy) is 1. The first kappa shape index (κ1) is 15.9. The van der Waals surface area contributed by atoms with E-state index < -0.39 is 0 Å². The zero-order chi connectivity index (χ0) is 17.9. The van der Waals surface area contributed by atoms with Gasteiger partial charge >= 0.3 is 0 Å². The Morgan fingerprint density at radius 3 is 2.16 bits per heavy atom. The van der Waals surface area contributed by atoms with Crippen LogP contribution in [0.5, 0.6) is 11.5 Å². The minimum atomic E-state index is 0.108. The second-order valence-corrected chi connectivity index (χ2v) is 7.77. The van der Waals surface area contributed by atoms with Crippen molar-refractivity contribution in [3.8, 4) is 11.5 Å². The summed E-state index contributed by atoms with van der Waals surface area (Å²) in [7, 11) is 0. The first-order chi connectivity index (χ1) is 11.8. The third-order valence-corrected chi connectivity index (χ3v) is 4.78. The number of nitrogens with zero attached hydrogens (tertiary/aromatic N) is 1. The summed E-state index contributed by atoms with van der Waals surface area (Å²) < 4.78 is 17.0. The molecule has 0 aliphatic carbocycles. The highest BCUT2D eigenvalue weighted by Gasteiger charge is 2.33. The summed E-state index contributed by atoms with van der Waals surface area (Å²) in [5, 5.41) is 0. The fourth-order valence-corrected chi connectivity index (χ4v) is 3.50. The van der Waals surface area contributed by atoms with Gasteiger partial charge in [-0.2, -0.15) is 0 Å². The van der Waals surface area contributed by atoms with Crippen LogP contribution in [0.4, 0.5) is 17.1 Å². The van der Waals surface area contributed by atoms with Gasteiger partial charge in [-0.05, 0) is 42.9 Å². The van der Waals surface area contributed by atoms with Crippen LogP contribution < -0.4 is 9.64 Å². The normalized spacial score (nSPS) is 13.4. The van der Waals surface area contributed by atoms with Crippen molar-refractivity contribution in [3.05, 3.63) is 53.4 Å². The van der Waals surface area contributed by atoms with Crippen molar-refractivity contribution in [1.29, 1.82) is 0 Å². The van der Waals surface area contributed by atoms with Crippen LogP contribution in [0.2, 0.25) is 0 Å². The molecule has 1 aliphatic heterocycles. The molecule has 4 heteroatoms. The van der Waals surface area contributed by atoms with Crippen LogP contribution in [-0.2, 0) is 5.41 Å². The molecule has 3 heterocycles. The van der Waals surface area contributed by atoms with Crippen molar-refractivity contribution < 1.29 is 13.6 Å². The lowest BCUT2D eigenvalue weighted by molar-refractivity contribution is 0.450. The molecular formula is C21H23NO3. The summed E-state index contributed by atoms with van der Waals surface area (Å²) in [6.45, 7) is 13.0. The van der Waals surface area contributed by atoms with E-state index in [9.17, 15) is 0 Å². The summed E-state index contributed by atoms with van der Waals surface area (Å²) in [5.41, 5.74) is 6.84. The number of aryl methyl sites for hydroxylation is 3. The number of furan rings is 2. The summed E-state index contributed by atoms with van der Waals surface area (Å²) in [5.74, 6) is 2.23. The third-order valence-electron chi connectivity index (χ3n) is 4.78. The van der Waals surface area contributed by atoms with Crippen LogP contribution in [0.1, 0.15) is 43.2 Å². The SMILES string of the molecule is Cc1cc(C(C)(C)C)cc(C)c1N1c2cocc2Oc2coc(C)c21. The molecule has 25 heavy (non-hydrogen) atoms. The molecule has 0 unspecified atom stereocenters. The van der Waals surface area contributed by atoms with Crippen LogP contribution in [0, 0.1) is 20.8 Å². The monoisotopic (exact) mass is 337 g/mol. The molecule has 0 amide bonds. The van der Waals surface area contributed by atoms with Crippen molar-refractivity contribution in [1.82, 2.24) is 0 Å². The van der Waals surface area contributed by atoms with Crippen LogP contribution in [0.15, 0.2) is 39.8 Å². The van der Waals surface area contributed by atoms with Crippen LogP contribution in [0.3, 0.4) is 0 Å². The minimum Gasteiger partial charge on any atom is -0.466 e. The Balaban J connectivity index is 1.96. The van der Waals surface area contributed by atoms with E-state index in [1.54, 1.807) is 18.8 Å². The van der Waals surface area contributed by atoms with E-state index in [1.165, 1.54) is 16.7 Å². The van der Waals surface area contributed by atoms with E-state index in [1.807, 2.05) is 6.92 Å². The summed E-state index contributed by atoms with van der Waals surface area (Å²) in [4.78, 5) is 2.19. The maximum atomic E-state index is 5.92. The van der Waals surface area contributed by atoms with Gasteiger partial charge in [-0.3, -0.25) is 4.90 Å². The molecule has 0 N–H and O–H groups in total. The lowest BCUT2D eigenvalue weighted by Crippen LogP contribution is -2.18. The Morgan fingerprint density at radius 1 is 0.840 bits per heavy atom. The lowest BCUT2D eigenvalue weighted by atomic mass is 9.84. The van der Waals surface area contributed by atoms with Crippen molar-refractivity contribution in [2.75, 3.05) is 4.90 Å². The van der Waals surface area contributed by atoms with E-state index in [0.717, 1.165) is 22.8 Å². The molecule has 0 fully saturated rings. The van der Waals surface area contributed by atoms with E-state index in [2.05, 4.69) is 51.7 Å². The molecule has 3 aromatic rings. The summed E-state index contributed by atoms with van der Waals surface area (Å²) in [6.07, 6.45) is 5.00. The van der Waals surface area contributed by atoms with Gasteiger partial charge in [0.05, 0.1) is 5.69 Å². The molecule has 0 saturated heterocycles. The highest BCUT2D eigenvalue weighted by Crippen LogP contribution is 2.54. The van der Waals surface area contributed by atoms with Gasteiger partial charge in [0.2, 0.25) is 0 Å². The third kappa shape index (κ3) is 2.36. The molecule has 2 aromatic heterocycles. The summed E-state index contributed by atoms with van der Waals surface area (Å²) in [6, 6.07) is 4.54. The van der Waals surface area contributed by atoms with Gasteiger partial charge in [0.25, 0.3) is 0 Å². The van der Waals surface area contributed by atoms with Crippen LogP contribution in [0.25, 0.3) is 0 Å². The van der Waals surface area contributed by atoms with E-state index in [4.69, 9.17) is 13.6 Å². The second-order valence-electron chi connectivity index (χ2n) is 7.77. The van der Waals surface area contributed by atoms with Gasteiger partial charge in [0.15, 0.2) is 11.5 Å². The minimum absolute atomic E-state index is 0.108. The van der Waals surface area contributed by atoms with Gasteiger partial charge < -0.3 is 13.6 Å². The van der Waals surface area contributed by atoms with Crippen LogP contribution in [-0.4, -0.2) is 0 Å². The first-order valence-electron chi connectivity index (χ1n) is 8.51. The molecule has 0 saturated carbocycles. The molecule has 4 nitrogen and oxygen atoms in total. The van der Waals surface area contributed by atoms with Gasteiger partial charge in [-0.15, -0.1) is 0 Å². The fraction of sp³-hybridized carbons (Fsp3) is 0.333. The number of hydrogen-bond acceptors (Lipinski definition) is 4. The molecule has 1 aliphatic rings. The maximum Gasteiger partial charge on any atom is 0.190 e. The highest BCUT2D eigenvalue weighted by molar-refractivity contribution is 5.88. The lowest BCUT2D eigenvalue weighted by Gasteiger charge is -2.32. The van der Waals surface area contributed by atoms with Crippen molar-refractivity contribution >= 4 is 17.1 Å². The molecular weight excluding hydrogens is 314 g/mol. The van der Waals surface area contributed by atoms with Gasteiger partial charge in [-0.25, -0.2) is 0 Å². The predicted octanol–water partition coefficient (Wildman–Crippen LogP) is 6.67. The zero-order valence-electron chi connectivity index (χ0n) is 15.6. The van der Waals surface area contributed by atoms with E-state index in [0.29, 0.717) is 11.5 Å². The van der Waals surface area contributed by atoms with Gasteiger partial charge in [0, 0.05) is 0 Å². The van der Waals surface area contributed by atoms with Crippen LogP contribution >= 0.6 is 0 Å². The number of anilines is 3. The topological polar surface area (TPSA) is 38.8 Å². The quantitative estimate of drug-likeness (QED) is 0.389. The van der Waals surface area contributed by atoms with Crippen molar-refractivity contribution in [3.63, 3.8) is 0 Å². The number of hydrogen-bond donors (Lipinski definition) is 0. The molecule has 0 atom stereocenters. The largest absolute Gasteiger partial charge is 0.466 e. The Hall–Kier alpha value is -2.62. The first-order valence-corrected chi connectivity index (χ1v) is 8.51. The maximum absolute atomic E-state index is 5.92. The highest BCUT2D eigenvalue weighted by atomic mass is 16.5. The number of fused-ring (bicyclic) bond motifs is 2. The van der Waals surface area contributed by atoms with Crippen molar-refractivity contribution in [2.24, 2.45) is 0 Å². The Kier molecular flexibility index (Phi) is 3.29. The van der Waals surface area contributed by atoms with E-state index in [-0.39, 0.29) is 5.41 Å². The summed E-state index contributed by atoms with van der Waals surface area (Å²) >= 11 is 0. The average Bonchev–Trinajstić information content (AvgIpc) is 3.12. The number of benzene rings is 1. The standard InChI is InChI=1S/C21H23NO3/c1-12-7-15(21(4,5)6)8-13(2)19(12)22-16-9-23-10-17(16)25-18-11-24-14(3)20(18)22/h7-11H,1-6H3. The van der Waals surface area contributed by atoms with Crippen molar-refractivity contribution in [2.45, 2.75) is 47.0 Å². The molecule has 130 valence electrons. The molecule has 4 rings (SSSR count). The van der Waals surface area contributed by atoms with Gasteiger partial charge in [-0.1, -0.05) is 32.9 Å². The second kappa shape index (κ2) is 5.19. The Labute approximate surface area is 148 Å².